The van der Waals surface area contributed by atoms with Crippen LogP contribution in [0.5, 0.6) is 5.75 Å². The van der Waals surface area contributed by atoms with Crippen molar-refractivity contribution in [2.75, 3.05) is 29.9 Å². The predicted octanol–water partition coefficient (Wildman–Crippen LogP) is 4.80. The fourth-order valence-corrected chi connectivity index (χ4v) is 4.25. The minimum Gasteiger partial charge on any atom is -0.493 e. The molecule has 2 amide bonds. The van der Waals surface area contributed by atoms with Crippen LogP contribution in [0.15, 0.2) is 72.8 Å². The molecular weight excluding hydrogens is 426 g/mol. The third-order valence-corrected chi connectivity index (χ3v) is 5.93. The van der Waals surface area contributed by atoms with Crippen molar-refractivity contribution in [1.82, 2.24) is 5.32 Å². The molecule has 1 heterocycles. The Morgan fingerprint density at radius 2 is 1.74 bits per heavy atom. The van der Waals surface area contributed by atoms with E-state index in [2.05, 4.69) is 45.9 Å². The highest BCUT2D eigenvalue weighted by molar-refractivity contribution is 5.97. The van der Waals surface area contributed by atoms with Crippen LogP contribution in [0.1, 0.15) is 41.3 Å². The van der Waals surface area contributed by atoms with Gasteiger partial charge in [-0.15, -0.1) is 0 Å². The minimum absolute atomic E-state index is 0.0572. The molecule has 0 bridgehead atoms. The van der Waals surface area contributed by atoms with Crippen molar-refractivity contribution >= 4 is 23.2 Å². The maximum atomic E-state index is 12.6. The van der Waals surface area contributed by atoms with Crippen LogP contribution in [0.4, 0.5) is 11.4 Å². The van der Waals surface area contributed by atoms with Gasteiger partial charge in [0.05, 0.1) is 12.2 Å². The fourth-order valence-electron chi connectivity index (χ4n) is 4.25. The molecule has 0 unspecified atom stereocenters. The molecule has 0 saturated carbocycles. The topological polar surface area (TPSA) is 70.7 Å². The van der Waals surface area contributed by atoms with Crippen LogP contribution in [-0.2, 0) is 17.8 Å². The molecule has 0 aliphatic carbocycles. The van der Waals surface area contributed by atoms with Gasteiger partial charge in [0.25, 0.3) is 5.91 Å². The molecule has 6 nitrogen and oxygen atoms in total. The number of hydrogen-bond acceptors (Lipinski definition) is 4. The number of amides is 2. The van der Waals surface area contributed by atoms with Gasteiger partial charge in [0.1, 0.15) is 5.75 Å². The zero-order chi connectivity index (χ0) is 23.8. The Balaban J connectivity index is 1.27. The van der Waals surface area contributed by atoms with E-state index in [4.69, 9.17) is 4.74 Å². The number of carbonyl (C=O) groups excluding carboxylic acids is 2. The molecule has 4 rings (SSSR count). The average Bonchev–Trinajstić information content (AvgIpc) is 3.26. The zero-order valence-electron chi connectivity index (χ0n) is 19.5. The molecule has 0 fully saturated rings. The fraction of sp³-hybridized carbons (Fsp3) is 0.286. The molecule has 0 spiro atoms. The number of anilines is 2. The van der Waals surface area contributed by atoms with Gasteiger partial charge in [-0.1, -0.05) is 48.5 Å². The lowest BCUT2D eigenvalue weighted by Crippen LogP contribution is -2.26. The summed E-state index contributed by atoms with van der Waals surface area (Å²) in [6.07, 6.45) is 1.93. The predicted molar refractivity (Wildman–Crippen MR) is 135 cm³/mol. The summed E-state index contributed by atoms with van der Waals surface area (Å²) in [4.78, 5) is 27.4. The molecule has 0 aromatic heterocycles. The molecule has 3 aromatic carbocycles. The average molecular weight is 458 g/mol. The normalized spacial score (nSPS) is 12.2. The first kappa shape index (κ1) is 23.4. The van der Waals surface area contributed by atoms with Gasteiger partial charge in [-0.25, -0.2) is 0 Å². The quantitative estimate of drug-likeness (QED) is 0.429. The van der Waals surface area contributed by atoms with Crippen molar-refractivity contribution < 1.29 is 14.3 Å². The van der Waals surface area contributed by atoms with Crippen LogP contribution in [-0.4, -0.2) is 31.5 Å². The van der Waals surface area contributed by atoms with E-state index < -0.39 is 0 Å². The first-order valence-electron chi connectivity index (χ1n) is 11.9. The van der Waals surface area contributed by atoms with Gasteiger partial charge in [0.2, 0.25) is 5.91 Å². The number of benzene rings is 3. The number of nitrogens with one attached hydrogen (secondary N) is 2. The number of nitrogens with zero attached hydrogens (tertiary/aromatic N) is 1. The number of rotatable bonds is 10. The Kier molecular flexibility index (Phi) is 7.81. The molecule has 3 aromatic rings. The van der Waals surface area contributed by atoms with Gasteiger partial charge in [-0.2, -0.15) is 0 Å². The molecule has 1 aliphatic rings. The molecule has 176 valence electrons. The third-order valence-electron chi connectivity index (χ3n) is 5.93. The van der Waals surface area contributed by atoms with Gasteiger partial charge < -0.3 is 20.3 Å². The van der Waals surface area contributed by atoms with Crippen LogP contribution in [0, 0.1) is 0 Å². The highest BCUT2D eigenvalue weighted by Crippen LogP contribution is 2.30. The molecule has 0 saturated heterocycles. The standard InChI is InChI=1S/C28H31N3O3/c1-2-34-26-15-8-5-12-23(26)28(33)29-18-9-16-27(32)30-24-13-6-3-11-22(24)20-31-19-17-21-10-4-7-14-25(21)31/h3-8,10-15H,2,9,16-20H2,1H3,(H,29,33)(H,30,32). The summed E-state index contributed by atoms with van der Waals surface area (Å²) >= 11 is 0. The highest BCUT2D eigenvalue weighted by atomic mass is 16.5. The van der Waals surface area contributed by atoms with E-state index in [9.17, 15) is 9.59 Å². The van der Waals surface area contributed by atoms with Gasteiger partial charge >= 0.3 is 0 Å². The van der Waals surface area contributed by atoms with E-state index in [0.29, 0.717) is 37.3 Å². The number of carbonyl (C=O) groups is 2. The van der Waals surface area contributed by atoms with Crippen molar-refractivity contribution in [2.45, 2.75) is 32.7 Å². The number of para-hydroxylation sites is 3. The second kappa shape index (κ2) is 11.4. The SMILES string of the molecule is CCOc1ccccc1C(=O)NCCCC(=O)Nc1ccccc1CN1CCc2ccccc21. The second-order valence-electron chi connectivity index (χ2n) is 8.29. The molecule has 34 heavy (non-hydrogen) atoms. The van der Waals surface area contributed by atoms with Crippen LogP contribution in [0.25, 0.3) is 0 Å². The van der Waals surface area contributed by atoms with Crippen molar-refractivity contribution in [3.63, 3.8) is 0 Å². The van der Waals surface area contributed by atoms with Crippen molar-refractivity contribution in [3.8, 4) is 5.75 Å². The van der Waals surface area contributed by atoms with Crippen LogP contribution in [0.2, 0.25) is 0 Å². The first-order chi connectivity index (χ1) is 16.7. The lowest BCUT2D eigenvalue weighted by atomic mass is 10.1. The van der Waals surface area contributed by atoms with Crippen LogP contribution < -0.4 is 20.3 Å². The Morgan fingerprint density at radius 3 is 2.62 bits per heavy atom. The summed E-state index contributed by atoms with van der Waals surface area (Å²) in [5.74, 6) is 0.316. The molecule has 0 radical (unpaired) electrons. The van der Waals surface area contributed by atoms with Gasteiger partial charge in [-0.3, -0.25) is 9.59 Å². The maximum absolute atomic E-state index is 12.6. The summed E-state index contributed by atoms with van der Waals surface area (Å²) in [6.45, 7) is 4.53. The Bertz CT molecular complexity index is 1150. The Morgan fingerprint density at radius 1 is 0.971 bits per heavy atom. The summed E-state index contributed by atoms with van der Waals surface area (Å²) in [5, 5.41) is 5.94. The van der Waals surface area contributed by atoms with E-state index >= 15 is 0 Å². The Hall–Kier alpha value is -3.80. The smallest absolute Gasteiger partial charge is 0.255 e. The molecule has 6 heteroatoms. The second-order valence-corrected chi connectivity index (χ2v) is 8.29. The zero-order valence-corrected chi connectivity index (χ0v) is 19.5. The summed E-state index contributed by atoms with van der Waals surface area (Å²) in [7, 11) is 0. The minimum atomic E-state index is -0.194. The van der Waals surface area contributed by atoms with E-state index in [1.165, 1.54) is 11.3 Å². The molecular formula is C28H31N3O3. The molecule has 1 aliphatic heterocycles. The van der Waals surface area contributed by atoms with Gasteiger partial charge in [0, 0.05) is 37.4 Å². The first-order valence-corrected chi connectivity index (χ1v) is 11.9. The van der Waals surface area contributed by atoms with Crippen LogP contribution in [0.3, 0.4) is 0 Å². The summed E-state index contributed by atoms with van der Waals surface area (Å²) in [5.41, 5.74) is 5.08. The maximum Gasteiger partial charge on any atom is 0.255 e. The van der Waals surface area contributed by atoms with Crippen molar-refractivity contribution in [1.29, 1.82) is 0 Å². The van der Waals surface area contributed by atoms with Gasteiger partial charge in [0.15, 0.2) is 0 Å². The number of fused-ring (bicyclic) bond motifs is 1. The Labute approximate surface area is 200 Å². The lowest BCUT2D eigenvalue weighted by Gasteiger charge is -2.21. The largest absolute Gasteiger partial charge is 0.493 e. The van der Waals surface area contributed by atoms with Crippen molar-refractivity contribution in [2.24, 2.45) is 0 Å². The highest BCUT2D eigenvalue weighted by Gasteiger charge is 2.19. The van der Waals surface area contributed by atoms with Crippen molar-refractivity contribution in [3.05, 3.63) is 89.5 Å². The number of ether oxygens (including phenoxy) is 1. The number of hydrogen-bond donors (Lipinski definition) is 2. The summed E-state index contributed by atoms with van der Waals surface area (Å²) < 4.78 is 5.52. The van der Waals surface area contributed by atoms with E-state index in [-0.39, 0.29) is 11.8 Å². The van der Waals surface area contributed by atoms with E-state index in [0.717, 1.165) is 30.8 Å². The summed E-state index contributed by atoms with van der Waals surface area (Å²) in [6, 6.07) is 23.6. The molecule has 2 N–H and O–H groups in total. The molecule has 0 atom stereocenters. The van der Waals surface area contributed by atoms with E-state index in [1.54, 1.807) is 12.1 Å². The third kappa shape index (κ3) is 5.76. The van der Waals surface area contributed by atoms with E-state index in [1.807, 2.05) is 37.3 Å². The van der Waals surface area contributed by atoms with Gasteiger partial charge in [-0.05, 0) is 55.2 Å². The van der Waals surface area contributed by atoms with Crippen LogP contribution >= 0.6 is 0 Å². The monoisotopic (exact) mass is 457 g/mol. The lowest BCUT2D eigenvalue weighted by molar-refractivity contribution is -0.116.